The predicted molar refractivity (Wildman–Crippen MR) is 50.4 cm³/mol. The zero-order valence-electron chi connectivity index (χ0n) is 7.46. The van der Waals surface area contributed by atoms with Crippen molar-refractivity contribution in [2.24, 2.45) is 5.73 Å². The first-order chi connectivity index (χ1) is 6.57. The van der Waals surface area contributed by atoms with E-state index in [2.05, 4.69) is 4.74 Å². The molecule has 1 atom stereocenters. The molecule has 0 aromatic heterocycles. The van der Waals surface area contributed by atoms with Gasteiger partial charge in [0.05, 0.1) is 12.1 Å². The second-order valence-corrected chi connectivity index (χ2v) is 3.05. The van der Waals surface area contributed by atoms with Crippen LogP contribution in [0.15, 0.2) is 18.2 Å². The third-order valence-corrected chi connectivity index (χ3v) is 2.06. The number of carbonyl (C=O) groups is 1. The highest BCUT2D eigenvalue weighted by Gasteiger charge is 2.20. The third-order valence-electron chi connectivity index (χ3n) is 1.77. The number of hydrogen-bond donors (Lipinski definition) is 1. The molecule has 14 heavy (non-hydrogen) atoms. The summed E-state index contributed by atoms with van der Waals surface area (Å²) in [5, 5.41) is -0.0677. The van der Waals surface area contributed by atoms with Crippen LogP contribution in [-0.4, -0.2) is 13.1 Å². The molecule has 3 nitrogen and oxygen atoms in total. The average molecular weight is 218 g/mol. The molecule has 2 N–H and O–H groups in total. The monoisotopic (exact) mass is 217 g/mol. The third kappa shape index (κ3) is 2.02. The lowest BCUT2D eigenvalue weighted by atomic mass is 10.1. The Morgan fingerprint density at radius 1 is 1.64 bits per heavy atom. The van der Waals surface area contributed by atoms with Gasteiger partial charge in [-0.05, 0) is 6.07 Å². The first-order valence-corrected chi connectivity index (χ1v) is 4.23. The molecular formula is C9H9ClFNO2. The fourth-order valence-electron chi connectivity index (χ4n) is 1.01. The lowest BCUT2D eigenvalue weighted by Crippen LogP contribution is -2.23. The molecule has 0 saturated carbocycles. The summed E-state index contributed by atoms with van der Waals surface area (Å²) in [6, 6.07) is 3.15. The molecule has 0 aliphatic carbocycles. The van der Waals surface area contributed by atoms with Gasteiger partial charge in [-0.15, -0.1) is 0 Å². The standard InChI is InChI=1S/C9H9ClFNO2/c1-14-9(13)8(12)5-3-2-4-6(10)7(5)11/h2-4,8H,12H2,1H3/t8-/m1/s1. The molecule has 76 valence electrons. The van der Waals surface area contributed by atoms with Crippen LogP contribution in [0.3, 0.4) is 0 Å². The molecule has 1 aromatic rings. The van der Waals surface area contributed by atoms with Crippen LogP contribution in [0.2, 0.25) is 5.02 Å². The maximum absolute atomic E-state index is 13.3. The van der Waals surface area contributed by atoms with E-state index >= 15 is 0 Å². The van der Waals surface area contributed by atoms with Crippen molar-refractivity contribution in [2.75, 3.05) is 7.11 Å². The van der Waals surface area contributed by atoms with Gasteiger partial charge in [-0.1, -0.05) is 23.7 Å². The summed E-state index contributed by atoms with van der Waals surface area (Å²) >= 11 is 5.52. The molecule has 0 aliphatic heterocycles. The highest BCUT2D eigenvalue weighted by molar-refractivity contribution is 6.30. The smallest absolute Gasteiger partial charge is 0.327 e. The van der Waals surface area contributed by atoms with Crippen LogP contribution in [0.5, 0.6) is 0 Å². The van der Waals surface area contributed by atoms with Gasteiger partial charge in [0.25, 0.3) is 0 Å². The minimum Gasteiger partial charge on any atom is -0.468 e. The SMILES string of the molecule is COC(=O)[C@H](N)c1cccc(Cl)c1F. The van der Waals surface area contributed by atoms with E-state index in [0.717, 1.165) is 0 Å². The fraction of sp³-hybridized carbons (Fsp3) is 0.222. The molecule has 0 heterocycles. The Balaban J connectivity index is 3.07. The fourth-order valence-corrected chi connectivity index (χ4v) is 1.20. The highest BCUT2D eigenvalue weighted by atomic mass is 35.5. The molecule has 0 bridgehead atoms. The number of benzene rings is 1. The first-order valence-electron chi connectivity index (χ1n) is 3.85. The lowest BCUT2D eigenvalue weighted by Gasteiger charge is -2.10. The van der Waals surface area contributed by atoms with E-state index in [1.54, 1.807) is 0 Å². The van der Waals surface area contributed by atoms with E-state index in [0.29, 0.717) is 0 Å². The molecule has 5 heteroatoms. The number of rotatable bonds is 2. The Hall–Kier alpha value is -1.13. The van der Waals surface area contributed by atoms with E-state index < -0.39 is 17.8 Å². The van der Waals surface area contributed by atoms with E-state index in [4.69, 9.17) is 17.3 Å². The van der Waals surface area contributed by atoms with Gasteiger partial charge < -0.3 is 10.5 Å². The molecule has 0 amide bonds. The van der Waals surface area contributed by atoms with Crippen molar-refractivity contribution >= 4 is 17.6 Å². The molecule has 1 aromatic carbocycles. The van der Waals surface area contributed by atoms with Crippen LogP contribution in [0.4, 0.5) is 4.39 Å². The van der Waals surface area contributed by atoms with E-state index in [1.165, 1.54) is 25.3 Å². The van der Waals surface area contributed by atoms with Crippen LogP contribution in [0.25, 0.3) is 0 Å². The van der Waals surface area contributed by atoms with Crippen LogP contribution in [0, 0.1) is 5.82 Å². The number of methoxy groups -OCH3 is 1. The summed E-state index contributed by atoms with van der Waals surface area (Å²) in [7, 11) is 1.19. The zero-order chi connectivity index (χ0) is 10.7. The van der Waals surface area contributed by atoms with E-state index in [9.17, 15) is 9.18 Å². The minimum absolute atomic E-state index is 0.0318. The average Bonchev–Trinajstić information content (AvgIpc) is 2.20. The second-order valence-electron chi connectivity index (χ2n) is 2.64. The Labute approximate surface area is 85.6 Å². The van der Waals surface area contributed by atoms with Crippen LogP contribution < -0.4 is 5.73 Å². The number of esters is 1. The van der Waals surface area contributed by atoms with Crippen LogP contribution >= 0.6 is 11.6 Å². The highest BCUT2D eigenvalue weighted by Crippen LogP contribution is 2.22. The van der Waals surface area contributed by atoms with Crippen molar-refractivity contribution < 1.29 is 13.9 Å². The molecule has 0 aliphatic rings. The Kier molecular flexibility index (Phi) is 3.43. The van der Waals surface area contributed by atoms with Gasteiger partial charge >= 0.3 is 5.97 Å². The van der Waals surface area contributed by atoms with Gasteiger partial charge in [-0.25, -0.2) is 4.39 Å². The van der Waals surface area contributed by atoms with Gasteiger partial charge in [0.1, 0.15) is 11.9 Å². The van der Waals surface area contributed by atoms with E-state index in [1.807, 2.05) is 0 Å². The maximum atomic E-state index is 13.3. The summed E-state index contributed by atoms with van der Waals surface area (Å²) in [5.41, 5.74) is 5.48. The molecule has 0 radical (unpaired) electrons. The van der Waals surface area contributed by atoms with Gasteiger partial charge in [0.2, 0.25) is 0 Å². The summed E-state index contributed by atoms with van der Waals surface area (Å²) in [5.74, 6) is -1.39. The zero-order valence-corrected chi connectivity index (χ0v) is 8.22. The van der Waals surface area contributed by atoms with Crippen LogP contribution in [0.1, 0.15) is 11.6 Å². The van der Waals surface area contributed by atoms with Gasteiger partial charge in [0, 0.05) is 5.56 Å². The number of nitrogens with two attached hydrogens (primary N) is 1. The number of hydrogen-bond acceptors (Lipinski definition) is 3. The minimum atomic E-state index is -1.14. The van der Waals surface area contributed by atoms with Crippen molar-refractivity contribution in [1.82, 2.24) is 0 Å². The number of ether oxygens (including phenoxy) is 1. The molecular weight excluding hydrogens is 209 g/mol. The maximum Gasteiger partial charge on any atom is 0.327 e. The van der Waals surface area contributed by atoms with Crippen LogP contribution in [-0.2, 0) is 9.53 Å². The number of halogens is 2. The normalized spacial score (nSPS) is 12.3. The summed E-state index contributed by atoms with van der Waals surface area (Å²) in [6.45, 7) is 0. The largest absolute Gasteiger partial charge is 0.468 e. The summed E-state index contributed by atoms with van der Waals surface area (Å²) in [6.07, 6.45) is 0. The topological polar surface area (TPSA) is 52.3 Å². The van der Waals surface area contributed by atoms with Gasteiger partial charge in [-0.2, -0.15) is 0 Å². The Bertz CT molecular complexity index is 357. The van der Waals surface area contributed by atoms with Crippen molar-refractivity contribution in [3.8, 4) is 0 Å². The summed E-state index contributed by atoms with van der Waals surface area (Å²) in [4.78, 5) is 11.0. The molecule has 1 rings (SSSR count). The molecule has 0 fully saturated rings. The summed E-state index contributed by atoms with van der Waals surface area (Å²) < 4.78 is 17.7. The van der Waals surface area contributed by atoms with E-state index in [-0.39, 0.29) is 10.6 Å². The van der Waals surface area contributed by atoms with Crippen molar-refractivity contribution in [3.63, 3.8) is 0 Å². The Morgan fingerprint density at radius 2 is 2.29 bits per heavy atom. The van der Waals surface area contributed by atoms with Crippen molar-refractivity contribution in [3.05, 3.63) is 34.6 Å². The Morgan fingerprint density at radius 3 is 2.86 bits per heavy atom. The second kappa shape index (κ2) is 4.39. The molecule has 0 unspecified atom stereocenters. The first kappa shape index (κ1) is 10.9. The van der Waals surface area contributed by atoms with Crippen molar-refractivity contribution in [2.45, 2.75) is 6.04 Å². The molecule has 0 saturated heterocycles. The van der Waals surface area contributed by atoms with Gasteiger partial charge in [-0.3, -0.25) is 4.79 Å². The lowest BCUT2D eigenvalue weighted by molar-refractivity contribution is -0.142. The number of carbonyl (C=O) groups excluding carboxylic acids is 1. The van der Waals surface area contributed by atoms with Gasteiger partial charge in [0.15, 0.2) is 0 Å². The quantitative estimate of drug-likeness (QED) is 0.767. The molecule has 0 spiro atoms. The van der Waals surface area contributed by atoms with Crippen molar-refractivity contribution in [1.29, 1.82) is 0 Å². The predicted octanol–water partition coefficient (Wildman–Crippen LogP) is 1.65.